The van der Waals surface area contributed by atoms with E-state index in [4.69, 9.17) is 0 Å². The van der Waals surface area contributed by atoms with E-state index in [1.807, 2.05) is 35.2 Å². The summed E-state index contributed by atoms with van der Waals surface area (Å²) < 4.78 is 0. The van der Waals surface area contributed by atoms with Crippen LogP contribution in [-0.4, -0.2) is 41.8 Å². The molecule has 0 N–H and O–H groups in total. The molecule has 0 atom stereocenters. The first-order valence-electron chi connectivity index (χ1n) is 8.02. The van der Waals surface area contributed by atoms with Crippen molar-refractivity contribution in [2.24, 2.45) is 5.41 Å². The molecule has 0 spiro atoms. The molecule has 1 heterocycles. The molecule has 1 aromatic carbocycles. The molecule has 1 saturated heterocycles. The molecule has 0 bridgehead atoms. The van der Waals surface area contributed by atoms with Crippen LogP contribution in [0.25, 0.3) is 0 Å². The van der Waals surface area contributed by atoms with E-state index in [-0.39, 0.29) is 11.8 Å². The van der Waals surface area contributed by atoms with E-state index < -0.39 is 5.41 Å². The van der Waals surface area contributed by atoms with Crippen molar-refractivity contribution in [1.29, 1.82) is 0 Å². The van der Waals surface area contributed by atoms with Gasteiger partial charge in [0.1, 0.15) is 5.41 Å². The summed E-state index contributed by atoms with van der Waals surface area (Å²) in [5.41, 5.74) is 0.0699. The van der Waals surface area contributed by atoms with Crippen LogP contribution in [0.4, 0.5) is 0 Å². The molecule has 1 aliphatic rings. The Labute approximate surface area is 133 Å². The minimum atomic E-state index is -0.999. The van der Waals surface area contributed by atoms with Gasteiger partial charge in [0, 0.05) is 26.7 Å². The fourth-order valence-electron chi connectivity index (χ4n) is 2.99. The zero-order valence-corrected chi connectivity index (χ0v) is 13.8. The van der Waals surface area contributed by atoms with E-state index in [0.717, 1.165) is 31.5 Å². The highest BCUT2D eigenvalue weighted by molar-refractivity contribution is 6.04. The van der Waals surface area contributed by atoms with Crippen molar-refractivity contribution in [1.82, 2.24) is 9.80 Å². The molecule has 0 saturated carbocycles. The summed E-state index contributed by atoms with van der Waals surface area (Å²) in [6.45, 7) is 5.56. The molecule has 1 fully saturated rings. The highest BCUT2D eigenvalue weighted by Crippen LogP contribution is 2.25. The van der Waals surface area contributed by atoms with Gasteiger partial charge in [-0.25, -0.2) is 0 Å². The Kier molecular flexibility index (Phi) is 5.22. The smallest absolute Gasteiger partial charge is 0.237 e. The quantitative estimate of drug-likeness (QED) is 0.802. The molecule has 0 unspecified atom stereocenters. The fraction of sp³-hybridized carbons (Fsp3) is 0.556. The molecule has 120 valence electrons. The minimum Gasteiger partial charge on any atom is -0.342 e. The third-order valence-electron chi connectivity index (χ3n) is 4.32. The van der Waals surface area contributed by atoms with Gasteiger partial charge in [0.05, 0.1) is 0 Å². The van der Waals surface area contributed by atoms with Gasteiger partial charge in [0.15, 0.2) is 0 Å². The summed E-state index contributed by atoms with van der Waals surface area (Å²) in [7, 11) is 1.76. The van der Waals surface area contributed by atoms with Crippen molar-refractivity contribution in [2.45, 2.75) is 39.7 Å². The topological polar surface area (TPSA) is 40.6 Å². The van der Waals surface area contributed by atoms with Crippen molar-refractivity contribution in [3.8, 4) is 0 Å². The lowest BCUT2D eigenvalue weighted by Gasteiger charge is -2.35. The Balaban J connectivity index is 2.03. The Bertz CT molecular complexity index is 519. The first kappa shape index (κ1) is 16.5. The van der Waals surface area contributed by atoms with Crippen molar-refractivity contribution >= 4 is 11.8 Å². The first-order valence-corrected chi connectivity index (χ1v) is 8.02. The normalized spacial score (nSPS) is 15.5. The molecule has 0 aliphatic carbocycles. The number of piperidine rings is 1. The molecule has 0 radical (unpaired) electrons. The third kappa shape index (κ3) is 3.67. The van der Waals surface area contributed by atoms with Gasteiger partial charge >= 0.3 is 0 Å². The van der Waals surface area contributed by atoms with E-state index in [9.17, 15) is 9.59 Å². The predicted molar refractivity (Wildman–Crippen MR) is 87.1 cm³/mol. The zero-order valence-electron chi connectivity index (χ0n) is 13.8. The second kappa shape index (κ2) is 6.95. The van der Waals surface area contributed by atoms with Crippen LogP contribution in [0.15, 0.2) is 30.3 Å². The average molecular weight is 302 g/mol. The Morgan fingerprint density at radius 1 is 1.09 bits per heavy atom. The lowest BCUT2D eigenvalue weighted by Crippen LogP contribution is -2.51. The van der Waals surface area contributed by atoms with Crippen molar-refractivity contribution in [3.05, 3.63) is 35.9 Å². The van der Waals surface area contributed by atoms with Crippen LogP contribution in [0, 0.1) is 5.41 Å². The minimum absolute atomic E-state index is 0.0443. The Morgan fingerprint density at radius 2 is 1.68 bits per heavy atom. The summed E-state index contributed by atoms with van der Waals surface area (Å²) in [5, 5.41) is 0. The Morgan fingerprint density at radius 3 is 2.27 bits per heavy atom. The maximum absolute atomic E-state index is 12.7. The van der Waals surface area contributed by atoms with Gasteiger partial charge < -0.3 is 9.80 Å². The van der Waals surface area contributed by atoms with Crippen LogP contribution in [0.1, 0.15) is 38.7 Å². The maximum Gasteiger partial charge on any atom is 0.237 e. The number of benzene rings is 1. The van der Waals surface area contributed by atoms with Gasteiger partial charge in [-0.2, -0.15) is 0 Å². The molecular weight excluding hydrogens is 276 g/mol. The third-order valence-corrected chi connectivity index (χ3v) is 4.32. The van der Waals surface area contributed by atoms with Crippen molar-refractivity contribution < 1.29 is 9.59 Å². The summed E-state index contributed by atoms with van der Waals surface area (Å²) in [4.78, 5) is 28.9. The van der Waals surface area contributed by atoms with Gasteiger partial charge in [0.2, 0.25) is 11.8 Å². The van der Waals surface area contributed by atoms with E-state index >= 15 is 0 Å². The molecular formula is C18H26N2O2. The second-order valence-corrected chi connectivity index (χ2v) is 6.62. The number of hydrogen-bond acceptors (Lipinski definition) is 2. The number of likely N-dealkylation sites (tertiary alicyclic amines) is 1. The number of rotatable bonds is 4. The SMILES string of the molecule is CN(Cc1ccccc1)C(=O)C(C)(C)C(=O)N1CCCCC1. The number of amides is 2. The average Bonchev–Trinajstić information content (AvgIpc) is 2.55. The van der Waals surface area contributed by atoms with Crippen LogP contribution in [0.5, 0.6) is 0 Å². The van der Waals surface area contributed by atoms with Crippen LogP contribution in [-0.2, 0) is 16.1 Å². The van der Waals surface area contributed by atoms with E-state index in [2.05, 4.69) is 0 Å². The van der Waals surface area contributed by atoms with Gasteiger partial charge in [-0.3, -0.25) is 9.59 Å². The summed E-state index contributed by atoms with van der Waals surface area (Å²) in [6, 6.07) is 9.84. The number of carbonyl (C=O) groups is 2. The molecule has 1 aliphatic heterocycles. The lowest BCUT2D eigenvalue weighted by atomic mass is 9.88. The van der Waals surface area contributed by atoms with Crippen LogP contribution >= 0.6 is 0 Å². The van der Waals surface area contributed by atoms with Crippen LogP contribution < -0.4 is 0 Å². The van der Waals surface area contributed by atoms with Crippen molar-refractivity contribution in [2.75, 3.05) is 20.1 Å². The lowest BCUT2D eigenvalue weighted by molar-refractivity contribution is -0.154. The van der Waals surface area contributed by atoms with Gasteiger partial charge in [-0.15, -0.1) is 0 Å². The summed E-state index contributed by atoms with van der Waals surface area (Å²) in [6.07, 6.45) is 3.25. The highest BCUT2D eigenvalue weighted by atomic mass is 16.2. The van der Waals surface area contributed by atoms with Crippen LogP contribution in [0.3, 0.4) is 0 Å². The standard InChI is InChI=1S/C18H26N2O2/c1-18(2,17(22)20-12-8-5-9-13-20)16(21)19(3)14-15-10-6-4-7-11-15/h4,6-7,10-11H,5,8-9,12-14H2,1-3H3. The molecule has 1 aromatic rings. The number of nitrogens with zero attached hydrogens (tertiary/aromatic N) is 2. The number of hydrogen-bond donors (Lipinski definition) is 0. The maximum atomic E-state index is 12.7. The van der Waals surface area contributed by atoms with E-state index in [1.165, 1.54) is 6.42 Å². The van der Waals surface area contributed by atoms with E-state index in [0.29, 0.717) is 6.54 Å². The second-order valence-electron chi connectivity index (χ2n) is 6.62. The predicted octanol–water partition coefficient (Wildman–Crippen LogP) is 2.68. The molecule has 2 rings (SSSR count). The monoisotopic (exact) mass is 302 g/mol. The largest absolute Gasteiger partial charge is 0.342 e. The summed E-state index contributed by atoms with van der Waals surface area (Å²) >= 11 is 0. The molecule has 0 aromatic heterocycles. The van der Waals surface area contributed by atoms with Crippen LogP contribution in [0.2, 0.25) is 0 Å². The molecule has 2 amide bonds. The highest BCUT2D eigenvalue weighted by Gasteiger charge is 2.41. The fourth-order valence-corrected chi connectivity index (χ4v) is 2.99. The van der Waals surface area contributed by atoms with Crippen molar-refractivity contribution in [3.63, 3.8) is 0 Å². The number of carbonyl (C=O) groups excluding carboxylic acids is 2. The van der Waals surface area contributed by atoms with Gasteiger partial charge in [-0.1, -0.05) is 30.3 Å². The zero-order chi connectivity index (χ0) is 16.2. The first-order chi connectivity index (χ1) is 10.4. The van der Waals surface area contributed by atoms with Gasteiger partial charge in [-0.05, 0) is 38.7 Å². The molecule has 22 heavy (non-hydrogen) atoms. The summed E-state index contributed by atoms with van der Waals surface area (Å²) in [5.74, 6) is -0.163. The molecule has 4 heteroatoms. The van der Waals surface area contributed by atoms with Gasteiger partial charge in [0.25, 0.3) is 0 Å². The Hall–Kier alpha value is -1.84. The van der Waals surface area contributed by atoms with E-state index in [1.54, 1.807) is 25.8 Å². The molecule has 4 nitrogen and oxygen atoms in total.